The molecular weight excluding hydrogens is 711 g/mol. The fourth-order valence-electron chi connectivity index (χ4n) is 8.91. The molecule has 3 aliphatic rings. The van der Waals surface area contributed by atoms with Crippen molar-refractivity contribution in [1.82, 2.24) is 14.5 Å². The van der Waals surface area contributed by atoms with Gasteiger partial charge in [0.2, 0.25) is 0 Å². The van der Waals surface area contributed by atoms with E-state index in [1.54, 1.807) is 0 Å². The molecule has 0 unspecified atom stereocenters. The number of aromatic hydroxyl groups is 1. The molecule has 2 aliphatic carbocycles. The Kier molecular flexibility index (Phi) is 16.7. The van der Waals surface area contributed by atoms with Crippen LogP contribution in [0.3, 0.4) is 0 Å². The molecule has 10 heteroatoms. The number of unbranched alkanes of at least 4 members (excludes halogenated alkanes) is 1. The van der Waals surface area contributed by atoms with Crippen molar-refractivity contribution in [3.63, 3.8) is 0 Å². The molecule has 3 aromatic rings. The van der Waals surface area contributed by atoms with Gasteiger partial charge in [0.1, 0.15) is 5.75 Å². The molecule has 1 saturated heterocycles. The molecule has 2 fully saturated rings. The Balaban J connectivity index is 0.000000217. The summed E-state index contributed by atoms with van der Waals surface area (Å²) in [5.41, 5.74) is 3.74. The predicted octanol–water partition coefficient (Wildman–Crippen LogP) is 7.14. The normalized spacial score (nSPS) is 25.6. The summed E-state index contributed by atoms with van der Waals surface area (Å²) in [6.45, 7) is 4.85. The summed E-state index contributed by atoms with van der Waals surface area (Å²) in [6.07, 6.45) is 15.8. The van der Waals surface area contributed by atoms with Crippen LogP contribution in [0.15, 0.2) is 78.2 Å². The second kappa shape index (κ2) is 21.4. The number of aliphatic hydroxyl groups excluding tert-OH is 3. The minimum atomic E-state index is -0.513. The number of phenols is 1. The molecule has 4 N–H and O–H groups in total. The molecule has 2 heterocycles. The molecule has 6 rings (SSSR count). The van der Waals surface area contributed by atoms with Crippen LogP contribution in [0.2, 0.25) is 0 Å². The van der Waals surface area contributed by atoms with E-state index in [-0.39, 0.29) is 23.9 Å². The number of esters is 1. The number of aryl methyl sites for hydroxylation is 2. The van der Waals surface area contributed by atoms with Gasteiger partial charge in [0, 0.05) is 44.2 Å². The van der Waals surface area contributed by atoms with E-state index in [0.29, 0.717) is 62.2 Å². The second-order valence-corrected chi connectivity index (χ2v) is 17.4. The average Bonchev–Trinajstić information content (AvgIpc) is 3.69. The van der Waals surface area contributed by atoms with Crippen LogP contribution in [-0.2, 0) is 35.8 Å². The van der Waals surface area contributed by atoms with Crippen molar-refractivity contribution in [2.45, 2.75) is 127 Å². The van der Waals surface area contributed by atoms with Crippen molar-refractivity contribution in [3.05, 3.63) is 89.8 Å². The number of fused-ring (bicyclic) bond motifs is 2. The largest absolute Gasteiger partial charge is 0.508 e. The summed E-state index contributed by atoms with van der Waals surface area (Å²) in [7, 11) is 4.32. The van der Waals surface area contributed by atoms with E-state index in [1.807, 2.05) is 74.4 Å². The Labute approximate surface area is 333 Å². The maximum absolute atomic E-state index is 11.5. The number of imidazole rings is 1. The lowest BCUT2D eigenvalue weighted by molar-refractivity contribution is -0.147. The van der Waals surface area contributed by atoms with Crippen LogP contribution in [0.1, 0.15) is 88.3 Å². The summed E-state index contributed by atoms with van der Waals surface area (Å²) in [6, 6.07) is 16.8. The molecule has 1 aliphatic heterocycles. The second-order valence-electron chi connectivity index (χ2n) is 16.4. The number of phenolic OH excluding ortho intramolecular Hbond substituents is 1. The van der Waals surface area contributed by atoms with E-state index in [0.717, 1.165) is 49.6 Å². The third-order valence-corrected chi connectivity index (χ3v) is 13.1. The number of likely N-dealkylation sites (N-methyl/N-ethyl adjacent to an activating group) is 1. The Bertz CT molecular complexity index is 1630. The number of nitrogens with zero attached hydrogens (tertiary/aromatic N) is 3. The third-order valence-electron chi connectivity index (χ3n) is 11.8. The molecule has 55 heavy (non-hydrogen) atoms. The minimum Gasteiger partial charge on any atom is -0.508 e. The lowest BCUT2D eigenvalue weighted by Gasteiger charge is -2.46. The first-order chi connectivity index (χ1) is 26.5. The molecule has 302 valence electrons. The Morgan fingerprint density at radius 1 is 1.00 bits per heavy atom. The van der Waals surface area contributed by atoms with Gasteiger partial charge in [0.25, 0.3) is 0 Å². The van der Waals surface area contributed by atoms with E-state index in [1.165, 1.54) is 23.1 Å². The van der Waals surface area contributed by atoms with Gasteiger partial charge in [-0.25, -0.2) is 4.98 Å². The van der Waals surface area contributed by atoms with Gasteiger partial charge in [-0.1, -0.05) is 66.4 Å². The number of aliphatic hydroxyl groups is 3. The van der Waals surface area contributed by atoms with Crippen molar-refractivity contribution < 1.29 is 30.0 Å². The number of piperidine rings is 1. The number of carbonyl (C=O) groups excluding carboxylic acids is 1. The maximum Gasteiger partial charge on any atom is 0.306 e. The van der Waals surface area contributed by atoms with Crippen molar-refractivity contribution in [2.75, 3.05) is 19.3 Å². The number of carbonyl (C=O) groups is 1. The predicted molar refractivity (Wildman–Crippen MR) is 220 cm³/mol. The Morgan fingerprint density at radius 3 is 2.53 bits per heavy atom. The quantitative estimate of drug-likeness (QED) is 0.0520. The van der Waals surface area contributed by atoms with Crippen LogP contribution in [0.5, 0.6) is 5.75 Å². The van der Waals surface area contributed by atoms with Gasteiger partial charge < -0.3 is 34.6 Å². The van der Waals surface area contributed by atoms with Crippen molar-refractivity contribution in [1.29, 1.82) is 0 Å². The number of allylic oxidation sites excluding steroid dienone is 2. The maximum atomic E-state index is 11.5. The average molecular weight is 776 g/mol. The summed E-state index contributed by atoms with van der Waals surface area (Å²) in [4.78, 5) is 18.5. The van der Waals surface area contributed by atoms with Gasteiger partial charge >= 0.3 is 5.97 Å². The first-order valence-corrected chi connectivity index (χ1v) is 21.5. The fraction of sp³-hybridized carbons (Fsp3) is 0.600. The highest BCUT2D eigenvalue weighted by molar-refractivity contribution is 7.99. The molecule has 0 radical (unpaired) electrons. The van der Waals surface area contributed by atoms with Crippen LogP contribution in [0, 0.1) is 23.7 Å². The zero-order valence-corrected chi connectivity index (χ0v) is 34.2. The summed E-state index contributed by atoms with van der Waals surface area (Å²) < 4.78 is 7.21. The SMILES string of the molecule is CC(C)OC(=O)CCC/C=C\C[C@@H]1[C@@H](CC[C@@H](O)CCc2ccccc2)[C@H](O)C[C@@H]1O.CN1C[C@H](CSc2nccn2C)C[C@@H]2Cc3c(O)cccc3C[C@H]21. The molecule has 2 aromatic carbocycles. The standard InChI is InChI=1S/C26H40O5.C19H25N3OS/c1-19(2)31-26(30)13-9-4-3-8-12-22-23(25(29)18-24(22)28)17-16-21(27)15-14-20-10-6-5-7-11-20;1-21-7-6-20-19(21)24-12-13-8-15-9-16-14(4-3-5-18(16)23)10-17(15)22(2)11-13/h3,5-8,10-11,19,21-25,27-29H,4,9,12-18H2,1-2H3;3-7,13,15,17,23H,8-12H2,1-2H3/b8-3-;/t21-,22+,23+,24-,25+;13-,15-,17-/m01/s1. The molecule has 0 amide bonds. The van der Waals surface area contributed by atoms with Gasteiger partial charge in [-0.05, 0) is 138 Å². The molecular formula is C45H65N3O6S. The number of rotatable bonds is 16. The third kappa shape index (κ3) is 12.9. The summed E-state index contributed by atoms with van der Waals surface area (Å²) >= 11 is 1.87. The molecule has 1 saturated carbocycles. The fourth-order valence-corrected chi connectivity index (χ4v) is 9.94. The number of thioether (sulfide) groups is 1. The van der Waals surface area contributed by atoms with E-state index < -0.39 is 18.3 Å². The van der Waals surface area contributed by atoms with E-state index in [9.17, 15) is 25.2 Å². The van der Waals surface area contributed by atoms with Gasteiger partial charge in [-0.15, -0.1) is 0 Å². The van der Waals surface area contributed by atoms with Crippen LogP contribution in [-0.4, -0.2) is 90.6 Å². The van der Waals surface area contributed by atoms with Crippen LogP contribution in [0.4, 0.5) is 0 Å². The molecule has 0 bridgehead atoms. The number of ether oxygens (including phenoxy) is 1. The van der Waals surface area contributed by atoms with Crippen molar-refractivity contribution in [2.24, 2.45) is 30.7 Å². The first-order valence-electron chi connectivity index (χ1n) is 20.5. The number of hydrogen-bond donors (Lipinski definition) is 4. The molecule has 8 atom stereocenters. The van der Waals surface area contributed by atoms with Crippen LogP contribution in [0.25, 0.3) is 0 Å². The van der Waals surface area contributed by atoms with Gasteiger partial charge in [-0.2, -0.15) is 0 Å². The van der Waals surface area contributed by atoms with Crippen LogP contribution < -0.4 is 0 Å². The zero-order chi connectivity index (χ0) is 39.3. The Morgan fingerprint density at radius 2 is 1.78 bits per heavy atom. The summed E-state index contributed by atoms with van der Waals surface area (Å²) in [5, 5.41) is 42.5. The Hall–Kier alpha value is -3.15. The van der Waals surface area contributed by atoms with E-state index >= 15 is 0 Å². The van der Waals surface area contributed by atoms with E-state index in [4.69, 9.17) is 4.74 Å². The lowest BCUT2D eigenvalue weighted by atomic mass is 9.73. The van der Waals surface area contributed by atoms with Crippen LogP contribution >= 0.6 is 11.8 Å². The summed E-state index contributed by atoms with van der Waals surface area (Å²) in [5.74, 6) is 2.79. The van der Waals surface area contributed by atoms with Crippen molar-refractivity contribution >= 4 is 17.7 Å². The smallest absolute Gasteiger partial charge is 0.306 e. The van der Waals surface area contributed by atoms with E-state index in [2.05, 4.69) is 52.8 Å². The highest BCUT2D eigenvalue weighted by atomic mass is 32.2. The minimum absolute atomic E-state index is 0.00652. The first kappa shape index (κ1) is 43.0. The lowest BCUT2D eigenvalue weighted by Crippen LogP contribution is -2.50. The topological polar surface area (TPSA) is 128 Å². The number of benzene rings is 2. The monoisotopic (exact) mass is 775 g/mol. The van der Waals surface area contributed by atoms with Gasteiger partial charge in [-0.3, -0.25) is 4.79 Å². The van der Waals surface area contributed by atoms with Gasteiger partial charge in [0.05, 0.1) is 24.4 Å². The number of aromatic nitrogens is 2. The molecule has 1 aromatic heterocycles. The number of hydrogen-bond acceptors (Lipinski definition) is 9. The zero-order valence-electron chi connectivity index (χ0n) is 33.4. The highest BCUT2D eigenvalue weighted by Crippen LogP contribution is 2.41. The molecule has 9 nitrogen and oxygen atoms in total. The highest BCUT2D eigenvalue weighted by Gasteiger charge is 2.41. The molecule has 0 spiro atoms. The van der Waals surface area contributed by atoms with Gasteiger partial charge in [0.15, 0.2) is 5.16 Å². The van der Waals surface area contributed by atoms with Crippen molar-refractivity contribution in [3.8, 4) is 5.75 Å². The number of likely N-dealkylation sites (tertiary alicyclic amines) is 1.